The van der Waals surface area contributed by atoms with E-state index in [-0.39, 0.29) is 0 Å². The van der Waals surface area contributed by atoms with Gasteiger partial charge in [0.1, 0.15) is 0 Å². The van der Waals surface area contributed by atoms with Gasteiger partial charge in [-0.1, -0.05) is 6.42 Å². The van der Waals surface area contributed by atoms with E-state index >= 15 is 0 Å². The lowest BCUT2D eigenvalue weighted by molar-refractivity contribution is -0.0819. The van der Waals surface area contributed by atoms with E-state index in [1.54, 1.807) is 0 Å². The van der Waals surface area contributed by atoms with Crippen molar-refractivity contribution < 1.29 is 4.74 Å². The molecule has 0 N–H and O–H groups in total. The van der Waals surface area contributed by atoms with Crippen LogP contribution < -0.4 is 0 Å². The second kappa shape index (κ2) is 4.64. The van der Waals surface area contributed by atoms with Gasteiger partial charge in [0, 0.05) is 19.6 Å². The quantitative estimate of drug-likeness (QED) is 0.745. The van der Waals surface area contributed by atoms with Gasteiger partial charge in [-0.25, -0.2) is 0 Å². The van der Waals surface area contributed by atoms with E-state index in [9.17, 15) is 0 Å². The summed E-state index contributed by atoms with van der Waals surface area (Å²) in [5, 5.41) is 0. The summed E-state index contributed by atoms with van der Waals surface area (Å²) >= 11 is 4.52. The minimum absolute atomic E-state index is 0.394. The Labute approximate surface area is 98.8 Å². The molecule has 0 amide bonds. The Morgan fingerprint density at radius 3 is 2.27 bits per heavy atom. The normalized spacial score (nSPS) is 36.2. The Balaban J connectivity index is 1.87. The van der Waals surface area contributed by atoms with Crippen molar-refractivity contribution in [1.82, 2.24) is 4.90 Å². The highest BCUT2D eigenvalue weighted by Crippen LogP contribution is 2.42. The number of hydrogen-bond donors (Lipinski definition) is 1. The Hall–Kier alpha value is 0.270. The molecule has 1 aliphatic heterocycles. The molecule has 1 saturated carbocycles. The van der Waals surface area contributed by atoms with Crippen molar-refractivity contribution in [2.24, 2.45) is 5.41 Å². The Bertz CT molecular complexity index is 202. The lowest BCUT2D eigenvalue weighted by Crippen LogP contribution is -2.51. The standard InChI is InChI=1S/C12H23NOS/c1-10-6-13(7-11(2)14-10)8-12(9-15)4-3-5-12/h10-11,15H,3-9H2,1-2H3. The molecule has 0 bridgehead atoms. The maximum absolute atomic E-state index is 5.76. The van der Waals surface area contributed by atoms with Gasteiger partial charge < -0.3 is 4.74 Å². The molecule has 15 heavy (non-hydrogen) atoms. The van der Waals surface area contributed by atoms with Gasteiger partial charge in [-0.15, -0.1) is 0 Å². The fourth-order valence-electron chi connectivity index (χ4n) is 2.93. The van der Waals surface area contributed by atoms with Crippen LogP contribution in [0.15, 0.2) is 0 Å². The largest absolute Gasteiger partial charge is 0.373 e. The highest BCUT2D eigenvalue weighted by molar-refractivity contribution is 7.80. The molecule has 2 rings (SSSR count). The molecule has 2 aliphatic rings. The number of ether oxygens (including phenoxy) is 1. The van der Waals surface area contributed by atoms with E-state index in [1.165, 1.54) is 25.8 Å². The zero-order valence-electron chi connectivity index (χ0n) is 9.91. The van der Waals surface area contributed by atoms with Crippen molar-refractivity contribution in [2.75, 3.05) is 25.4 Å². The monoisotopic (exact) mass is 229 g/mol. The second-order valence-electron chi connectivity index (χ2n) is 5.46. The Morgan fingerprint density at radius 2 is 1.87 bits per heavy atom. The summed E-state index contributed by atoms with van der Waals surface area (Å²) in [6.45, 7) is 7.78. The molecule has 1 saturated heterocycles. The zero-order valence-corrected chi connectivity index (χ0v) is 10.8. The molecule has 0 aromatic rings. The molecule has 3 heteroatoms. The van der Waals surface area contributed by atoms with Gasteiger partial charge in [-0.05, 0) is 37.9 Å². The van der Waals surface area contributed by atoms with Gasteiger partial charge in [-0.2, -0.15) is 12.6 Å². The number of thiol groups is 1. The molecule has 2 fully saturated rings. The van der Waals surface area contributed by atoms with Crippen molar-refractivity contribution >= 4 is 12.6 Å². The molecule has 0 aromatic carbocycles. The summed E-state index contributed by atoms with van der Waals surface area (Å²) in [5.41, 5.74) is 0.528. The van der Waals surface area contributed by atoms with Crippen molar-refractivity contribution in [3.05, 3.63) is 0 Å². The van der Waals surface area contributed by atoms with Gasteiger partial charge in [0.05, 0.1) is 12.2 Å². The number of rotatable bonds is 3. The van der Waals surface area contributed by atoms with E-state index in [0.29, 0.717) is 17.6 Å². The van der Waals surface area contributed by atoms with Crippen LogP contribution in [0.3, 0.4) is 0 Å². The molecule has 1 aliphatic carbocycles. The number of nitrogens with zero attached hydrogens (tertiary/aromatic N) is 1. The molecule has 88 valence electrons. The predicted octanol–water partition coefficient (Wildman–Crippen LogP) is 2.20. The SMILES string of the molecule is CC1CN(CC2(CS)CCC2)CC(C)O1. The van der Waals surface area contributed by atoms with Crippen LogP contribution in [0.25, 0.3) is 0 Å². The van der Waals surface area contributed by atoms with Gasteiger partial charge >= 0.3 is 0 Å². The molecule has 1 heterocycles. The van der Waals surface area contributed by atoms with Gasteiger partial charge in [0.25, 0.3) is 0 Å². The van der Waals surface area contributed by atoms with E-state index < -0.39 is 0 Å². The van der Waals surface area contributed by atoms with E-state index in [2.05, 4.69) is 31.4 Å². The van der Waals surface area contributed by atoms with Crippen molar-refractivity contribution in [3.63, 3.8) is 0 Å². The summed E-state index contributed by atoms with van der Waals surface area (Å²) in [7, 11) is 0. The second-order valence-corrected chi connectivity index (χ2v) is 5.78. The molecule has 0 aromatic heterocycles. The molecule has 2 unspecified atom stereocenters. The Morgan fingerprint density at radius 1 is 1.27 bits per heavy atom. The van der Waals surface area contributed by atoms with Crippen LogP contribution in [0, 0.1) is 5.41 Å². The lowest BCUT2D eigenvalue weighted by Gasteiger charge is -2.46. The fourth-order valence-corrected chi connectivity index (χ4v) is 3.35. The van der Waals surface area contributed by atoms with Gasteiger partial charge in [0.15, 0.2) is 0 Å². The first-order valence-electron chi connectivity index (χ1n) is 6.12. The molecular formula is C12H23NOS. The van der Waals surface area contributed by atoms with Crippen molar-refractivity contribution in [2.45, 2.75) is 45.3 Å². The molecule has 0 spiro atoms. The third-order valence-electron chi connectivity index (χ3n) is 3.80. The van der Waals surface area contributed by atoms with Crippen molar-refractivity contribution in [1.29, 1.82) is 0 Å². The smallest absolute Gasteiger partial charge is 0.0678 e. The maximum atomic E-state index is 5.76. The topological polar surface area (TPSA) is 12.5 Å². The first-order chi connectivity index (χ1) is 7.13. The van der Waals surface area contributed by atoms with Crippen molar-refractivity contribution in [3.8, 4) is 0 Å². The molecule has 2 atom stereocenters. The summed E-state index contributed by atoms with van der Waals surface area (Å²) in [4.78, 5) is 2.58. The molecule has 0 radical (unpaired) electrons. The summed E-state index contributed by atoms with van der Waals surface area (Å²) in [5.74, 6) is 1.05. The number of morpholine rings is 1. The minimum Gasteiger partial charge on any atom is -0.373 e. The van der Waals surface area contributed by atoms with E-state index in [4.69, 9.17) is 4.74 Å². The predicted molar refractivity (Wildman–Crippen MR) is 66.6 cm³/mol. The van der Waals surface area contributed by atoms with Crippen LogP contribution in [-0.2, 0) is 4.74 Å². The zero-order chi connectivity index (χ0) is 10.9. The van der Waals surface area contributed by atoms with Crippen LogP contribution in [0.1, 0.15) is 33.1 Å². The highest BCUT2D eigenvalue weighted by atomic mass is 32.1. The Kier molecular flexibility index (Phi) is 3.63. The van der Waals surface area contributed by atoms with Crippen LogP contribution in [0.5, 0.6) is 0 Å². The van der Waals surface area contributed by atoms with E-state index in [1.807, 2.05) is 0 Å². The maximum Gasteiger partial charge on any atom is 0.0678 e. The van der Waals surface area contributed by atoms with Gasteiger partial charge in [-0.3, -0.25) is 4.90 Å². The first kappa shape index (κ1) is 11.7. The summed E-state index contributed by atoms with van der Waals surface area (Å²) in [6.07, 6.45) is 4.93. The highest BCUT2D eigenvalue weighted by Gasteiger charge is 2.38. The van der Waals surface area contributed by atoms with Crippen LogP contribution >= 0.6 is 12.6 Å². The lowest BCUT2D eigenvalue weighted by atomic mass is 9.70. The average Bonchev–Trinajstić information content (AvgIpc) is 2.10. The van der Waals surface area contributed by atoms with E-state index in [0.717, 1.165) is 18.8 Å². The third kappa shape index (κ3) is 2.69. The van der Waals surface area contributed by atoms with Crippen LogP contribution in [-0.4, -0.2) is 42.5 Å². The first-order valence-corrected chi connectivity index (χ1v) is 6.75. The summed E-state index contributed by atoms with van der Waals surface area (Å²) < 4.78 is 5.76. The minimum atomic E-state index is 0.394. The fraction of sp³-hybridized carbons (Fsp3) is 1.00. The molecular weight excluding hydrogens is 206 g/mol. The van der Waals surface area contributed by atoms with Crippen LogP contribution in [0.4, 0.5) is 0 Å². The number of hydrogen-bond acceptors (Lipinski definition) is 3. The van der Waals surface area contributed by atoms with Crippen LogP contribution in [0.2, 0.25) is 0 Å². The van der Waals surface area contributed by atoms with Gasteiger partial charge in [0.2, 0.25) is 0 Å². The average molecular weight is 229 g/mol. The summed E-state index contributed by atoms with van der Waals surface area (Å²) in [6, 6.07) is 0. The third-order valence-corrected chi connectivity index (χ3v) is 4.47. The molecule has 2 nitrogen and oxygen atoms in total.